The molecule has 118 valence electrons. The number of methoxy groups -OCH3 is 1. The van der Waals surface area contributed by atoms with Crippen LogP contribution in [0.4, 0.5) is 0 Å². The molecule has 8 nitrogen and oxygen atoms in total. The van der Waals surface area contributed by atoms with Crippen LogP contribution >= 0.6 is 0 Å². The zero-order chi connectivity index (χ0) is 15.7. The van der Waals surface area contributed by atoms with Gasteiger partial charge in [-0.05, 0) is 6.92 Å². The Morgan fingerprint density at radius 3 is 2.95 bits per heavy atom. The van der Waals surface area contributed by atoms with Crippen molar-refractivity contribution in [3.05, 3.63) is 24.0 Å². The van der Waals surface area contributed by atoms with Crippen LogP contribution in [0.25, 0.3) is 0 Å². The van der Waals surface area contributed by atoms with E-state index in [-0.39, 0.29) is 25.5 Å². The maximum atomic E-state index is 11.7. The van der Waals surface area contributed by atoms with Crippen LogP contribution in [0.1, 0.15) is 16.2 Å². The van der Waals surface area contributed by atoms with E-state index < -0.39 is 12.1 Å². The van der Waals surface area contributed by atoms with E-state index in [0.717, 1.165) is 0 Å². The second kappa shape index (κ2) is 9.22. The summed E-state index contributed by atoms with van der Waals surface area (Å²) in [5.74, 6) is -0.565. The zero-order valence-electron chi connectivity index (χ0n) is 12.3. The first-order valence-corrected chi connectivity index (χ1v) is 6.53. The monoisotopic (exact) mass is 299 g/mol. The van der Waals surface area contributed by atoms with Crippen LogP contribution in [-0.4, -0.2) is 65.7 Å². The Bertz CT molecular complexity index is 461. The van der Waals surface area contributed by atoms with Gasteiger partial charge in [0.2, 0.25) is 0 Å². The van der Waals surface area contributed by atoms with Gasteiger partial charge in [0, 0.05) is 7.11 Å². The van der Waals surface area contributed by atoms with E-state index in [1.807, 2.05) is 0 Å². The van der Waals surface area contributed by atoms with Gasteiger partial charge in [0.1, 0.15) is 6.61 Å². The Kier molecular flexibility index (Phi) is 7.59. The predicted molar refractivity (Wildman–Crippen MR) is 73.9 cm³/mol. The van der Waals surface area contributed by atoms with E-state index in [0.29, 0.717) is 18.9 Å². The highest BCUT2D eigenvalue weighted by Crippen LogP contribution is 2.06. The first-order valence-electron chi connectivity index (χ1n) is 6.53. The molecule has 0 spiro atoms. The van der Waals surface area contributed by atoms with Crippen LogP contribution < -0.4 is 0 Å². The molecule has 1 heterocycles. The van der Waals surface area contributed by atoms with E-state index in [1.54, 1.807) is 14.0 Å². The van der Waals surface area contributed by atoms with Crippen molar-refractivity contribution < 1.29 is 24.1 Å². The summed E-state index contributed by atoms with van der Waals surface area (Å²) in [5.41, 5.74) is 0.657. The molecule has 0 aliphatic heterocycles. The van der Waals surface area contributed by atoms with Gasteiger partial charge in [0.05, 0.1) is 38.2 Å². The maximum absolute atomic E-state index is 11.7. The molecule has 1 aromatic heterocycles. The van der Waals surface area contributed by atoms with E-state index in [1.165, 1.54) is 10.8 Å². The fraction of sp³-hybridized carbons (Fsp3) is 0.615. The van der Waals surface area contributed by atoms with Gasteiger partial charge in [-0.25, -0.2) is 9.48 Å². The lowest BCUT2D eigenvalue weighted by atomic mass is 10.3. The van der Waals surface area contributed by atoms with Crippen LogP contribution in [0, 0.1) is 6.92 Å². The Hall–Kier alpha value is -1.77. The smallest absolute Gasteiger partial charge is 0.361 e. The lowest BCUT2D eigenvalue weighted by Crippen LogP contribution is -2.24. The summed E-state index contributed by atoms with van der Waals surface area (Å²) in [6.07, 6.45) is 0.720. The summed E-state index contributed by atoms with van der Waals surface area (Å²) in [6, 6.07) is 0. The van der Waals surface area contributed by atoms with Crippen molar-refractivity contribution >= 4 is 5.97 Å². The molecule has 0 aromatic carbocycles. The lowest BCUT2D eigenvalue weighted by molar-refractivity contribution is 0.00556. The molecule has 0 aliphatic carbocycles. The number of hydrogen-bond donors (Lipinski definition) is 1. The van der Waals surface area contributed by atoms with Crippen molar-refractivity contribution in [2.24, 2.45) is 0 Å². The second-order valence-corrected chi connectivity index (χ2v) is 4.31. The van der Waals surface area contributed by atoms with Crippen LogP contribution in [0.3, 0.4) is 0 Å². The maximum Gasteiger partial charge on any atom is 0.361 e. The van der Waals surface area contributed by atoms with Gasteiger partial charge in [-0.1, -0.05) is 17.9 Å². The SMILES string of the molecule is C=CCOC(=O)c1nnn(CC(O)COCCOC)c1C. The van der Waals surface area contributed by atoms with Crippen molar-refractivity contribution in [1.29, 1.82) is 0 Å². The van der Waals surface area contributed by atoms with Crippen molar-refractivity contribution in [3.8, 4) is 0 Å². The first kappa shape index (κ1) is 17.3. The number of ether oxygens (including phenoxy) is 3. The molecule has 1 unspecified atom stereocenters. The molecule has 1 N–H and O–H groups in total. The summed E-state index contributed by atoms with van der Waals surface area (Å²) in [7, 11) is 1.57. The molecule has 8 heteroatoms. The minimum atomic E-state index is -0.751. The Balaban J connectivity index is 2.50. The number of hydrogen-bond acceptors (Lipinski definition) is 7. The molecule has 0 saturated carbocycles. The molecule has 0 aliphatic rings. The first-order chi connectivity index (χ1) is 10.1. The van der Waals surface area contributed by atoms with Gasteiger partial charge >= 0.3 is 5.97 Å². The van der Waals surface area contributed by atoms with E-state index in [2.05, 4.69) is 16.9 Å². The normalized spacial score (nSPS) is 12.1. The molecule has 0 saturated heterocycles. The lowest BCUT2D eigenvalue weighted by Gasteiger charge is -2.11. The minimum absolute atomic E-state index is 0.112. The molecule has 1 rings (SSSR count). The van der Waals surface area contributed by atoms with Gasteiger partial charge in [0.15, 0.2) is 5.69 Å². The number of carbonyl (C=O) groups excluding carboxylic acids is 1. The number of rotatable bonds is 10. The van der Waals surface area contributed by atoms with Crippen LogP contribution in [0.15, 0.2) is 12.7 Å². The number of carbonyl (C=O) groups is 1. The predicted octanol–water partition coefficient (Wildman–Crippen LogP) is -0.0468. The average Bonchev–Trinajstić information content (AvgIpc) is 2.82. The second-order valence-electron chi connectivity index (χ2n) is 4.31. The summed E-state index contributed by atoms with van der Waals surface area (Å²) in [6.45, 7) is 6.46. The van der Waals surface area contributed by atoms with Crippen molar-refractivity contribution in [2.75, 3.05) is 33.5 Å². The van der Waals surface area contributed by atoms with E-state index in [9.17, 15) is 9.90 Å². The summed E-state index contributed by atoms with van der Waals surface area (Å²) >= 11 is 0. The fourth-order valence-electron chi connectivity index (χ4n) is 1.54. The Labute approximate surface area is 123 Å². The van der Waals surface area contributed by atoms with Crippen molar-refractivity contribution in [1.82, 2.24) is 15.0 Å². The molecule has 21 heavy (non-hydrogen) atoms. The molecular weight excluding hydrogens is 278 g/mol. The van der Waals surface area contributed by atoms with E-state index in [4.69, 9.17) is 14.2 Å². The largest absolute Gasteiger partial charge is 0.457 e. The standard InChI is InChI=1S/C13H21N3O5/c1-4-5-21-13(18)12-10(2)16(15-14-12)8-11(17)9-20-7-6-19-3/h4,11,17H,1,5-9H2,2-3H3. The van der Waals surface area contributed by atoms with Crippen LogP contribution in [0.2, 0.25) is 0 Å². The molecule has 0 bridgehead atoms. The number of esters is 1. The third-order valence-corrected chi connectivity index (χ3v) is 2.63. The molecule has 1 atom stereocenters. The average molecular weight is 299 g/mol. The van der Waals surface area contributed by atoms with E-state index >= 15 is 0 Å². The molecular formula is C13H21N3O5. The highest BCUT2D eigenvalue weighted by molar-refractivity contribution is 5.88. The highest BCUT2D eigenvalue weighted by Gasteiger charge is 2.19. The Morgan fingerprint density at radius 1 is 1.52 bits per heavy atom. The quantitative estimate of drug-likeness (QED) is 0.368. The third-order valence-electron chi connectivity index (χ3n) is 2.63. The van der Waals surface area contributed by atoms with Gasteiger partial charge in [0.25, 0.3) is 0 Å². The fourth-order valence-corrected chi connectivity index (χ4v) is 1.54. The molecule has 0 fully saturated rings. The van der Waals surface area contributed by atoms with Crippen LogP contribution in [0.5, 0.6) is 0 Å². The van der Waals surface area contributed by atoms with Crippen molar-refractivity contribution in [3.63, 3.8) is 0 Å². The van der Waals surface area contributed by atoms with Crippen molar-refractivity contribution in [2.45, 2.75) is 19.6 Å². The summed E-state index contributed by atoms with van der Waals surface area (Å²) in [4.78, 5) is 11.7. The van der Waals surface area contributed by atoms with Crippen LogP contribution in [-0.2, 0) is 20.8 Å². The number of aliphatic hydroxyl groups excluding tert-OH is 1. The van der Waals surface area contributed by atoms with Gasteiger partial charge in [-0.15, -0.1) is 5.10 Å². The summed E-state index contributed by atoms with van der Waals surface area (Å²) < 4.78 is 16.4. The minimum Gasteiger partial charge on any atom is -0.457 e. The summed E-state index contributed by atoms with van der Waals surface area (Å²) in [5, 5.41) is 17.4. The Morgan fingerprint density at radius 2 is 2.29 bits per heavy atom. The number of aromatic nitrogens is 3. The third kappa shape index (κ3) is 5.62. The molecule has 0 amide bonds. The topological polar surface area (TPSA) is 95.7 Å². The zero-order valence-corrected chi connectivity index (χ0v) is 12.3. The number of nitrogens with zero attached hydrogens (tertiary/aromatic N) is 3. The molecule has 0 radical (unpaired) electrons. The highest BCUT2D eigenvalue weighted by atomic mass is 16.5. The van der Waals surface area contributed by atoms with Gasteiger partial charge in [-0.2, -0.15) is 0 Å². The van der Waals surface area contributed by atoms with Gasteiger partial charge in [-0.3, -0.25) is 0 Å². The number of aliphatic hydroxyl groups is 1. The molecule has 1 aromatic rings. The van der Waals surface area contributed by atoms with Gasteiger partial charge < -0.3 is 19.3 Å².